The molecule has 1 amide bonds. The van der Waals surface area contributed by atoms with Crippen molar-refractivity contribution in [3.8, 4) is 0 Å². The number of nitrogens with one attached hydrogen (secondary N) is 1. The summed E-state index contributed by atoms with van der Waals surface area (Å²) in [4.78, 5) is 10.5. The quantitative estimate of drug-likeness (QED) is 0.581. The van der Waals surface area contributed by atoms with Gasteiger partial charge in [-0.3, -0.25) is 9.89 Å². The van der Waals surface area contributed by atoms with Gasteiger partial charge in [-0.1, -0.05) is 5.21 Å². The molecule has 0 unspecified atom stereocenters. The molecule has 0 fully saturated rings. The predicted octanol–water partition coefficient (Wildman–Crippen LogP) is -0.213. The van der Waals surface area contributed by atoms with Gasteiger partial charge >= 0.3 is 0 Å². The van der Waals surface area contributed by atoms with Crippen molar-refractivity contribution in [3.63, 3.8) is 0 Å². The molecule has 5 nitrogen and oxygen atoms in total. The van der Waals surface area contributed by atoms with E-state index < -0.39 is 5.91 Å². The summed E-state index contributed by atoms with van der Waals surface area (Å²) in [6, 6.07) is 0. The summed E-state index contributed by atoms with van der Waals surface area (Å²) in [6.07, 6.45) is 3.47. The molecular formula is C4H5N4OS. The van der Waals surface area contributed by atoms with E-state index in [9.17, 15) is 4.79 Å². The van der Waals surface area contributed by atoms with Crippen LogP contribution >= 0.6 is 11.8 Å². The van der Waals surface area contributed by atoms with Crippen LogP contribution in [-0.4, -0.2) is 21.3 Å². The highest BCUT2D eigenvalue weighted by Crippen LogP contribution is 2.14. The lowest BCUT2D eigenvalue weighted by Gasteiger charge is -1.88. The maximum Gasteiger partial charge on any atom is 0.272 e. The van der Waals surface area contributed by atoms with Crippen molar-refractivity contribution in [1.82, 2.24) is 15.4 Å². The molecule has 1 aromatic heterocycles. The van der Waals surface area contributed by atoms with Gasteiger partial charge in [0.15, 0.2) is 5.69 Å². The number of primary amides is 1. The number of carbonyl (C=O) groups is 1. The SMILES string of the molecule is [CH2]Sc1[nH]nnc1C(N)=O. The Labute approximate surface area is 61.4 Å². The van der Waals surface area contributed by atoms with Gasteiger partial charge in [0.25, 0.3) is 5.91 Å². The van der Waals surface area contributed by atoms with Crippen LogP contribution in [0.25, 0.3) is 0 Å². The molecular weight excluding hydrogens is 152 g/mol. The summed E-state index contributed by atoms with van der Waals surface area (Å²) >= 11 is 1.10. The van der Waals surface area contributed by atoms with Gasteiger partial charge in [0, 0.05) is 6.26 Å². The number of amides is 1. The van der Waals surface area contributed by atoms with Crippen LogP contribution in [0, 0.1) is 6.26 Å². The third kappa shape index (κ3) is 1.10. The van der Waals surface area contributed by atoms with Crippen molar-refractivity contribution in [1.29, 1.82) is 0 Å². The van der Waals surface area contributed by atoms with E-state index in [2.05, 4.69) is 21.7 Å². The molecule has 10 heavy (non-hydrogen) atoms. The molecule has 0 aliphatic rings. The fourth-order valence-corrected chi connectivity index (χ4v) is 0.864. The molecule has 0 bridgehead atoms. The average Bonchev–Trinajstić information content (AvgIpc) is 2.33. The molecule has 0 saturated carbocycles. The molecule has 1 radical (unpaired) electrons. The van der Waals surface area contributed by atoms with Crippen molar-refractivity contribution < 1.29 is 4.79 Å². The van der Waals surface area contributed by atoms with Crippen LogP contribution in [-0.2, 0) is 0 Å². The smallest absolute Gasteiger partial charge is 0.272 e. The molecule has 1 heterocycles. The van der Waals surface area contributed by atoms with Gasteiger partial charge in [-0.2, -0.15) is 0 Å². The first-order valence-corrected chi connectivity index (χ1v) is 3.37. The Balaban J connectivity index is 3.01. The molecule has 3 N–H and O–H groups in total. The van der Waals surface area contributed by atoms with Crippen molar-refractivity contribution in [2.45, 2.75) is 5.03 Å². The topological polar surface area (TPSA) is 84.7 Å². The summed E-state index contributed by atoms with van der Waals surface area (Å²) in [7, 11) is 0. The molecule has 0 saturated heterocycles. The first-order valence-electron chi connectivity index (χ1n) is 2.38. The lowest BCUT2D eigenvalue weighted by Crippen LogP contribution is -2.12. The second kappa shape index (κ2) is 2.70. The maximum absolute atomic E-state index is 10.5. The van der Waals surface area contributed by atoms with Crippen molar-refractivity contribution in [2.75, 3.05) is 0 Å². The minimum absolute atomic E-state index is 0.139. The van der Waals surface area contributed by atoms with Gasteiger partial charge in [-0.15, -0.1) is 16.9 Å². The lowest BCUT2D eigenvalue weighted by molar-refractivity contribution is 0.0992. The van der Waals surface area contributed by atoms with Crippen molar-refractivity contribution >= 4 is 17.7 Å². The Morgan fingerprint density at radius 3 is 2.90 bits per heavy atom. The van der Waals surface area contributed by atoms with E-state index in [0.29, 0.717) is 5.03 Å². The number of nitrogens with zero attached hydrogens (tertiary/aromatic N) is 2. The van der Waals surface area contributed by atoms with E-state index in [1.54, 1.807) is 0 Å². The molecule has 53 valence electrons. The Hall–Kier alpha value is -1.04. The van der Waals surface area contributed by atoms with E-state index >= 15 is 0 Å². The summed E-state index contributed by atoms with van der Waals surface area (Å²) in [5.41, 5.74) is 5.07. The van der Waals surface area contributed by atoms with E-state index in [-0.39, 0.29) is 5.69 Å². The highest BCUT2D eigenvalue weighted by atomic mass is 32.2. The zero-order valence-electron chi connectivity index (χ0n) is 5.00. The second-order valence-corrected chi connectivity index (χ2v) is 2.20. The first-order chi connectivity index (χ1) is 4.75. The van der Waals surface area contributed by atoms with Gasteiger partial charge in [-0.25, -0.2) is 0 Å². The highest BCUT2D eigenvalue weighted by Gasteiger charge is 2.10. The van der Waals surface area contributed by atoms with Gasteiger partial charge in [0.1, 0.15) is 5.03 Å². The Bertz CT molecular complexity index is 245. The third-order valence-corrected chi connectivity index (χ3v) is 1.47. The first kappa shape index (κ1) is 7.07. The number of carbonyl (C=O) groups excluding carboxylic acids is 1. The number of thioether (sulfide) groups is 1. The van der Waals surface area contributed by atoms with Gasteiger partial charge in [0.05, 0.1) is 0 Å². The standard InChI is InChI=1S/C4H5N4OS/c1-10-4-2(3(5)9)6-8-7-4/h1H2,(H2,5,9)(H,6,7,8). The van der Waals surface area contributed by atoms with Gasteiger partial charge in [-0.05, 0) is 0 Å². The summed E-state index contributed by atoms with van der Waals surface area (Å²) in [5, 5.41) is 9.79. The van der Waals surface area contributed by atoms with Crippen LogP contribution in [0.5, 0.6) is 0 Å². The molecule has 1 rings (SSSR count). The largest absolute Gasteiger partial charge is 0.364 e. The van der Waals surface area contributed by atoms with Crippen LogP contribution in [0.3, 0.4) is 0 Å². The lowest BCUT2D eigenvalue weighted by atomic mass is 10.5. The average molecular weight is 157 g/mol. The summed E-state index contributed by atoms with van der Waals surface area (Å²) in [5.74, 6) is -0.597. The predicted molar refractivity (Wildman–Crippen MR) is 36.1 cm³/mol. The number of nitrogens with two attached hydrogens (primary N) is 1. The number of hydrogen-bond donors (Lipinski definition) is 2. The Morgan fingerprint density at radius 2 is 2.50 bits per heavy atom. The Morgan fingerprint density at radius 1 is 1.80 bits per heavy atom. The number of aromatic nitrogens is 3. The zero-order chi connectivity index (χ0) is 7.56. The molecule has 6 heteroatoms. The summed E-state index contributed by atoms with van der Waals surface area (Å²) < 4.78 is 0. The van der Waals surface area contributed by atoms with Crippen LogP contribution in [0.4, 0.5) is 0 Å². The van der Waals surface area contributed by atoms with E-state index in [1.165, 1.54) is 0 Å². The van der Waals surface area contributed by atoms with E-state index in [0.717, 1.165) is 11.8 Å². The number of rotatable bonds is 2. The zero-order valence-corrected chi connectivity index (χ0v) is 5.81. The number of hydrogen-bond acceptors (Lipinski definition) is 4. The normalized spacial score (nSPS) is 9.70. The van der Waals surface area contributed by atoms with E-state index in [4.69, 9.17) is 5.73 Å². The highest BCUT2D eigenvalue weighted by molar-refractivity contribution is 8.00. The van der Waals surface area contributed by atoms with Crippen molar-refractivity contribution in [2.24, 2.45) is 5.73 Å². The Kier molecular flexibility index (Phi) is 1.91. The maximum atomic E-state index is 10.5. The molecule has 0 aliphatic heterocycles. The molecule has 0 atom stereocenters. The molecule has 1 aromatic rings. The van der Waals surface area contributed by atoms with Crippen LogP contribution < -0.4 is 5.73 Å². The minimum Gasteiger partial charge on any atom is -0.364 e. The third-order valence-electron chi connectivity index (χ3n) is 0.894. The fraction of sp³-hybridized carbons (Fsp3) is 0. The monoisotopic (exact) mass is 157 g/mol. The number of H-pyrrole nitrogens is 1. The molecule has 0 spiro atoms. The fourth-order valence-electron chi connectivity index (χ4n) is 0.481. The molecule has 0 aliphatic carbocycles. The van der Waals surface area contributed by atoms with E-state index in [1.807, 2.05) is 0 Å². The molecule has 0 aromatic carbocycles. The van der Waals surface area contributed by atoms with Gasteiger partial charge < -0.3 is 5.73 Å². The number of aromatic amines is 1. The second-order valence-electron chi connectivity index (χ2n) is 1.50. The van der Waals surface area contributed by atoms with Gasteiger partial charge in [0.2, 0.25) is 0 Å². The van der Waals surface area contributed by atoms with Crippen LogP contribution in [0.1, 0.15) is 10.5 Å². The van der Waals surface area contributed by atoms with Crippen molar-refractivity contribution in [3.05, 3.63) is 11.9 Å². The summed E-state index contributed by atoms with van der Waals surface area (Å²) in [6.45, 7) is 0. The van der Waals surface area contributed by atoms with Crippen LogP contribution in [0.2, 0.25) is 0 Å². The minimum atomic E-state index is -0.597. The van der Waals surface area contributed by atoms with Crippen LogP contribution in [0.15, 0.2) is 5.03 Å².